The number of anilines is 1. The molecule has 0 saturated heterocycles. The third-order valence-corrected chi connectivity index (χ3v) is 5.93. The Kier molecular flexibility index (Phi) is 3.22. The standard InChI is InChI=1S/C18H19N3O2S/c1-18(2)5-3-10-11(7-18)12-13(19)15(16(20)22)24-17(12)21-14(10)9-4-6-23-8-9/h4,6,8H,3,5,7,19H2,1-2H3,(H2,20,22). The van der Waals surface area contributed by atoms with Crippen LogP contribution < -0.4 is 11.5 Å². The number of pyridine rings is 1. The first-order valence-electron chi connectivity index (χ1n) is 7.93. The fraction of sp³-hybridized carbons (Fsp3) is 0.333. The van der Waals surface area contributed by atoms with E-state index in [0.29, 0.717) is 10.6 Å². The number of aromatic nitrogens is 1. The molecule has 124 valence electrons. The van der Waals surface area contributed by atoms with Crippen LogP contribution in [0.5, 0.6) is 0 Å². The van der Waals surface area contributed by atoms with Crippen molar-refractivity contribution in [1.29, 1.82) is 0 Å². The molecule has 0 fully saturated rings. The van der Waals surface area contributed by atoms with Gasteiger partial charge in [0.15, 0.2) is 0 Å². The normalized spacial score (nSPS) is 16.2. The lowest BCUT2D eigenvalue weighted by Crippen LogP contribution is -2.23. The summed E-state index contributed by atoms with van der Waals surface area (Å²) >= 11 is 1.28. The molecule has 4 rings (SSSR count). The highest BCUT2D eigenvalue weighted by atomic mass is 32.1. The summed E-state index contributed by atoms with van der Waals surface area (Å²) < 4.78 is 5.24. The second-order valence-electron chi connectivity index (χ2n) is 7.16. The van der Waals surface area contributed by atoms with Gasteiger partial charge in [0.05, 0.1) is 23.9 Å². The predicted octanol–water partition coefficient (Wildman–Crippen LogP) is 3.75. The minimum atomic E-state index is -0.496. The molecule has 0 atom stereocenters. The van der Waals surface area contributed by atoms with Crippen molar-refractivity contribution in [3.8, 4) is 11.3 Å². The zero-order valence-electron chi connectivity index (χ0n) is 13.7. The molecule has 1 aliphatic carbocycles. The van der Waals surface area contributed by atoms with E-state index in [1.807, 2.05) is 6.07 Å². The fourth-order valence-electron chi connectivity index (χ4n) is 3.58. The van der Waals surface area contributed by atoms with Crippen LogP contribution in [-0.2, 0) is 12.8 Å². The van der Waals surface area contributed by atoms with Gasteiger partial charge in [-0.1, -0.05) is 13.8 Å². The van der Waals surface area contributed by atoms with E-state index in [9.17, 15) is 4.79 Å². The van der Waals surface area contributed by atoms with Gasteiger partial charge in [-0.3, -0.25) is 4.79 Å². The topological polar surface area (TPSA) is 95.1 Å². The number of nitrogens with two attached hydrogens (primary N) is 2. The smallest absolute Gasteiger partial charge is 0.260 e. The first kappa shape index (κ1) is 15.2. The molecule has 0 aliphatic heterocycles. The van der Waals surface area contributed by atoms with Gasteiger partial charge in [0.25, 0.3) is 5.91 Å². The summed E-state index contributed by atoms with van der Waals surface area (Å²) in [7, 11) is 0. The molecule has 4 N–H and O–H groups in total. The molecule has 0 radical (unpaired) electrons. The molecular weight excluding hydrogens is 322 g/mol. The maximum absolute atomic E-state index is 11.7. The Balaban J connectivity index is 2.08. The molecule has 0 unspecified atom stereocenters. The van der Waals surface area contributed by atoms with Crippen LogP contribution >= 0.6 is 11.3 Å². The van der Waals surface area contributed by atoms with Crippen LogP contribution in [0.2, 0.25) is 0 Å². The van der Waals surface area contributed by atoms with E-state index in [2.05, 4.69) is 13.8 Å². The summed E-state index contributed by atoms with van der Waals surface area (Å²) in [4.78, 5) is 17.7. The Morgan fingerprint density at radius 2 is 2.17 bits per heavy atom. The van der Waals surface area contributed by atoms with Gasteiger partial charge in [-0.2, -0.15) is 0 Å². The molecule has 0 aromatic carbocycles. The van der Waals surface area contributed by atoms with Gasteiger partial charge in [-0.05, 0) is 41.9 Å². The van der Waals surface area contributed by atoms with Crippen molar-refractivity contribution >= 4 is 33.1 Å². The summed E-state index contributed by atoms with van der Waals surface area (Å²) in [6.07, 6.45) is 6.29. The average molecular weight is 341 g/mol. The van der Waals surface area contributed by atoms with E-state index in [-0.39, 0.29) is 5.41 Å². The largest absolute Gasteiger partial charge is 0.472 e. The van der Waals surface area contributed by atoms with Crippen LogP contribution in [-0.4, -0.2) is 10.9 Å². The summed E-state index contributed by atoms with van der Waals surface area (Å²) in [5.41, 5.74) is 16.7. The average Bonchev–Trinajstić information content (AvgIpc) is 3.13. The van der Waals surface area contributed by atoms with Gasteiger partial charge < -0.3 is 15.9 Å². The summed E-state index contributed by atoms with van der Waals surface area (Å²) in [5.74, 6) is -0.496. The highest BCUT2D eigenvalue weighted by molar-refractivity contribution is 7.21. The van der Waals surface area contributed by atoms with Crippen molar-refractivity contribution < 1.29 is 9.21 Å². The van der Waals surface area contributed by atoms with Crippen LogP contribution in [0.15, 0.2) is 23.0 Å². The van der Waals surface area contributed by atoms with Gasteiger partial charge in [0.1, 0.15) is 9.71 Å². The molecule has 0 spiro atoms. The summed E-state index contributed by atoms with van der Waals surface area (Å²) in [5, 5.41) is 0.906. The van der Waals surface area contributed by atoms with Crippen molar-refractivity contribution in [2.45, 2.75) is 33.1 Å². The van der Waals surface area contributed by atoms with Gasteiger partial charge in [0, 0.05) is 10.9 Å². The molecule has 1 amide bonds. The maximum Gasteiger partial charge on any atom is 0.260 e. The third kappa shape index (κ3) is 2.21. The van der Waals surface area contributed by atoms with Crippen LogP contribution in [0.1, 0.15) is 41.1 Å². The molecule has 6 heteroatoms. The number of rotatable bonds is 2. The number of carbonyl (C=O) groups excluding carboxylic acids is 1. The lowest BCUT2D eigenvalue weighted by Gasteiger charge is -2.32. The van der Waals surface area contributed by atoms with Gasteiger partial charge in [-0.15, -0.1) is 11.3 Å². The lowest BCUT2D eigenvalue weighted by atomic mass is 9.73. The molecule has 24 heavy (non-hydrogen) atoms. The van der Waals surface area contributed by atoms with Crippen molar-refractivity contribution in [2.24, 2.45) is 11.1 Å². The molecule has 3 heterocycles. The molecular formula is C18H19N3O2S. The van der Waals surface area contributed by atoms with E-state index in [1.54, 1.807) is 12.5 Å². The first-order chi connectivity index (χ1) is 11.4. The zero-order valence-corrected chi connectivity index (χ0v) is 14.5. The monoisotopic (exact) mass is 341 g/mol. The van der Waals surface area contributed by atoms with Crippen molar-refractivity contribution in [2.75, 3.05) is 5.73 Å². The quantitative estimate of drug-likeness (QED) is 0.742. The van der Waals surface area contributed by atoms with Crippen LogP contribution in [0.4, 0.5) is 5.69 Å². The number of fused-ring (bicyclic) bond motifs is 3. The molecule has 1 aliphatic rings. The third-order valence-electron chi connectivity index (χ3n) is 4.82. The number of nitrogens with zero attached hydrogens (tertiary/aromatic N) is 1. The highest BCUT2D eigenvalue weighted by Crippen LogP contribution is 2.45. The minimum Gasteiger partial charge on any atom is -0.472 e. The number of amides is 1. The van der Waals surface area contributed by atoms with E-state index in [4.69, 9.17) is 20.9 Å². The summed E-state index contributed by atoms with van der Waals surface area (Å²) in [6, 6.07) is 1.92. The number of hydrogen-bond acceptors (Lipinski definition) is 5. The number of thiophene rings is 1. The SMILES string of the molecule is CC1(C)CCc2c(-c3ccoc3)nc3sc(C(N)=O)c(N)c3c2C1. The second kappa shape index (κ2) is 5.08. The van der Waals surface area contributed by atoms with E-state index in [0.717, 1.165) is 40.7 Å². The number of furan rings is 1. The fourth-order valence-corrected chi connectivity index (χ4v) is 4.56. The van der Waals surface area contributed by atoms with Crippen molar-refractivity contribution in [3.63, 3.8) is 0 Å². The second-order valence-corrected chi connectivity index (χ2v) is 8.16. The van der Waals surface area contributed by atoms with Crippen LogP contribution in [0.3, 0.4) is 0 Å². The van der Waals surface area contributed by atoms with Crippen molar-refractivity contribution in [1.82, 2.24) is 4.98 Å². The highest BCUT2D eigenvalue weighted by Gasteiger charge is 2.31. The number of carbonyl (C=O) groups is 1. The first-order valence-corrected chi connectivity index (χ1v) is 8.75. The molecule has 0 saturated carbocycles. The Bertz CT molecular complexity index is 955. The molecule has 0 bridgehead atoms. The van der Waals surface area contributed by atoms with Crippen LogP contribution in [0.25, 0.3) is 21.5 Å². The Hall–Kier alpha value is -2.34. The number of nitrogen functional groups attached to an aromatic ring is 1. The lowest BCUT2D eigenvalue weighted by molar-refractivity contribution is 0.100. The Labute approximate surface area is 143 Å². The van der Waals surface area contributed by atoms with Gasteiger partial charge in [0.2, 0.25) is 0 Å². The number of hydrogen-bond donors (Lipinski definition) is 2. The Morgan fingerprint density at radius 3 is 2.83 bits per heavy atom. The zero-order chi connectivity index (χ0) is 17.1. The van der Waals surface area contributed by atoms with E-state index >= 15 is 0 Å². The van der Waals surface area contributed by atoms with E-state index < -0.39 is 5.91 Å². The predicted molar refractivity (Wildman–Crippen MR) is 96.1 cm³/mol. The molecule has 3 aromatic heterocycles. The number of primary amides is 1. The van der Waals surface area contributed by atoms with Crippen molar-refractivity contribution in [3.05, 3.63) is 34.6 Å². The summed E-state index contributed by atoms with van der Waals surface area (Å²) in [6.45, 7) is 4.52. The Morgan fingerprint density at radius 1 is 1.38 bits per heavy atom. The maximum atomic E-state index is 11.7. The van der Waals surface area contributed by atoms with E-state index in [1.165, 1.54) is 22.5 Å². The molecule has 3 aromatic rings. The van der Waals surface area contributed by atoms with Gasteiger partial charge >= 0.3 is 0 Å². The minimum absolute atomic E-state index is 0.191. The molecule has 5 nitrogen and oxygen atoms in total. The van der Waals surface area contributed by atoms with Crippen LogP contribution in [0, 0.1) is 5.41 Å². The van der Waals surface area contributed by atoms with Gasteiger partial charge in [-0.25, -0.2) is 4.98 Å².